The number of aliphatic hydroxyl groups excluding tert-OH is 1. The molecule has 86 valence electrons. The van der Waals surface area contributed by atoms with Gasteiger partial charge in [-0.25, -0.2) is 0 Å². The maximum atomic E-state index is 11.7. The summed E-state index contributed by atoms with van der Waals surface area (Å²) in [7, 11) is 0. The van der Waals surface area contributed by atoms with Crippen molar-refractivity contribution in [3.8, 4) is 0 Å². The molecule has 1 rings (SSSR count). The minimum absolute atomic E-state index is 0.106. The third kappa shape index (κ3) is 2.23. The molecular weight excluding hydrogens is 192 g/mol. The van der Waals surface area contributed by atoms with Gasteiger partial charge >= 0.3 is 5.97 Å². The van der Waals surface area contributed by atoms with E-state index in [-0.39, 0.29) is 18.5 Å². The van der Waals surface area contributed by atoms with E-state index in [1.165, 1.54) is 5.57 Å². The summed E-state index contributed by atoms with van der Waals surface area (Å²) in [5, 5.41) is 9.31. The quantitative estimate of drug-likeness (QED) is 0.559. The first kappa shape index (κ1) is 12.2. The molecule has 0 heterocycles. The van der Waals surface area contributed by atoms with E-state index in [0.717, 1.165) is 12.8 Å². The molecule has 15 heavy (non-hydrogen) atoms. The Morgan fingerprint density at radius 3 is 2.73 bits per heavy atom. The van der Waals surface area contributed by atoms with Gasteiger partial charge in [0.15, 0.2) is 0 Å². The van der Waals surface area contributed by atoms with Crippen molar-refractivity contribution in [3.63, 3.8) is 0 Å². The first-order chi connectivity index (χ1) is 7.12. The maximum absolute atomic E-state index is 11.7. The van der Waals surface area contributed by atoms with Gasteiger partial charge in [0.1, 0.15) is 0 Å². The molecule has 1 aliphatic rings. The summed E-state index contributed by atoms with van der Waals surface area (Å²) in [6, 6.07) is 0. The fourth-order valence-electron chi connectivity index (χ4n) is 2.11. The van der Waals surface area contributed by atoms with Gasteiger partial charge in [-0.2, -0.15) is 0 Å². The smallest absolute Gasteiger partial charge is 0.315 e. The van der Waals surface area contributed by atoms with E-state index in [2.05, 4.69) is 13.0 Å². The van der Waals surface area contributed by atoms with Crippen LogP contribution in [0.5, 0.6) is 0 Å². The lowest BCUT2D eigenvalue weighted by Gasteiger charge is -2.13. The Bertz CT molecular complexity index is 270. The zero-order chi connectivity index (χ0) is 11.5. The molecule has 2 atom stereocenters. The van der Waals surface area contributed by atoms with Crippen LogP contribution in [0.15, 0.2) is 11.6 Å². The van der Waals surface area contributed by atoms with Crippen LogP contribution in [0.2, 0.25) is 0 Å². The minimum atomic E-state index is -0.633. The topological polar surface area (TPSA) is 46.5 Å². The van der Waals surface area contributed by atoms with Crippen LogP contribution in [0, 0.1) is 11.3 Å². The fraction of sp³-hybridized carbons (Fsp3) is 0.750. The van der Waals surface area contributed by atoms with Gasteiger partial charge in [0.2, 0.25) is 0 Å². The van der Waals surface area contributed by atoms with Crippen molar-refractivity contribution in [2.75, 3.05) is 13.2 Å². The molecule has 0 amide bonds. The van der Waals surface area contributed by atoms with Crippen molar-refractivity contribution in [1.29, 1.82) is 0 Å². The number of esters is 1. The van der Waals surface area contributed by atoms with Gasteiger partial charge in [0, 0.05) is 0 Å². The van der Waals surface area contributed by atoms with Crippen molar-refractivity contribution < 1.29 is 14.6 Å². The average Bonchev–Trinajstić information content (AvgIpc) is 2.94. The summed E-state index contributed by atoms with van der Waals surface area (Å²) in [5.41, 5.74) is 0.561. The molecule has 0 aromatic rings. The second-order valence-electron chi connectivity index (χ2n) is 4.15. The van der Waals surface area contributed by atoms with Crippen molar-refractivity contribution in [1.82, 2.24) is 0 Å². The first-order valence-electron chi connectivity index (χ1n) is 5.57. The summed E-state index contributed by atoms with van der Waals surface area (Å²) in [6.07, 6.45) is 3.80. The molecule has 0 aromatic carbocycles. The van der Waals surface area contributed by atoms with Crippen LogP contribution in [0.1, 0.15) is 33.6 Å². The number of carbonyl (C=O) groups excluding carboxylic acids is 1. The lowest BCUT2D eigenvalue weighted by molar-refractivity contribution is -0.151. The second kappa shape index (κ2) is 4.79. The van der Waals surface area contributed by atoms with Gasteiger partial charge in [-0.15, -0.1) is 0 Å². The van der Waals surface area contributed by atoms with E-state index in [9.17, 15) is 9.90 Å². The molecule has 1 aliphatic carbocycles. The van der Waals surface area contributed by atoms with Gasteiger partial charge in [-0.05, 0) is 32.6 Å². The van der Waals surface area contributed by atoms with Gasteiger partial charge in [-0.3, -0.25) is 4.79 Å². The minimum Gasteiger partial charge on any atom is -0.465 e. The van der Waals surface area contributed by atoms with Gasteiger partial charge in [0.05, 0.1) is 18.6 Å². The van der Waals surface area contributed by atoms with Crippen LogP contribution in [-0.4, -0.2) is 24.3 Å². The molecule has 0 aliphatic heterocycles. The molecule has 2 unspecified atom stereocenters. The first-order valence-corrected chi connectivity index (χ1v) is 5.57. The highest BCUT2D eigenvalue weighted by Crippen LogP contribution is 2.56. The highest BCUT2D eigenvalue weighted by atomic mass is 16.5. The summed E-state index contributed by atoms with van der Waals surface area (Å²) >= 11 is 0. The van der Waals surface area contributed by atoms with E-state index in [4.69, 9.17) is 4.74 Å². The Balaban J connectivity index is 2.68. The van der Waals surface area contributed by atoms with E-state index in [1.807, 2.05) is 6.92 Å². The van der Waals surface area contributed by atoms with E-state index in [0.29, 0.717) is 6.61 Å². The number of allylic oxidation sites excluding steroid dienone is 2. The predicted octanol–water partition coefficient (Wildman–Crippen LogP) is 1.90. The number of hydrogen-bond acceptors (Lipinski definition) is 3. The summed E-state index contributed by atoms with van der Waals surface area (Å²) in [4.78, 5) is 11.7. The Morgan fingerprint density at radius 1 is 1.60 bits per heavy atom. The molecule has 1 N–H and O–H groups in total. The summed E-state index contributed by atoms with van der Waals surface area (Å²) in [6.45, 7) is 6.14. The standard InChI is InChI=1S/C12H20O3/c1-4-6-9(3)10-7-12(10,8-13)11(14)15-5-2/h6,10,13H,4-5,7-8H2,1-3H3/b9-6+. The molecule has 0 spiro atoms. The molecule has 1 saturated carbocycles. The van der Waals surface area contributed by atoms with Crippen molar-refractivity contribution in [2.45, 2.75) is 33.6 Å². The Morgan fingerprint density at radius 2 is 2.27 bits per heavy atom. The highest BCUT2D eigenvalue weighted by molar-refractivity contribution is 5.81. The number of ether oxygens (including phenoxy) is 1. The van der Waals surface area contributed by atoms with Crippen LogP contribution in [0.4, 0.5) is 0 Å². The van der Waals surface area contributed by atoms with Crippen molar-refractivity contribution >= 4 is 5.97 Å². The fourth-order valence-corrected chi connectivity index (χ4v) is 2.11. The zero-order valence-corrected chi connectivity index (χ0v) is 9.75. The normalized spacial score (nSPS) is 30.1. The second-order valence-corrected chi connectivity index (χ2v) is 4.15. The number of hydrogen-bond donors (Lipinski definition) is 1. The van der Waals surface area contributed by atoms with E-state index in [1.54, 1.807) is 6.92 Å². The number of carbonyl (C=O) groups is 1. The monoisotopic (exact) mass is 212 g/mol. The van der Waals surface area contributed by atoms with E-state index >= 15 is 0 Å². The number of aliphatic hydroxyl groups is 1. The van der Waals surface area contributed by atoms with Crippen LogP contribution in [0.25, 0.3) is 0 Å². The lowest BCUT2D eigenvalue weighted by atomic mass is 10.0. The zero-order valence-electron chi connectivity index (χ0n) is 9.75. The SMILES string of the molecule is CC/C=C(\C)C1CC1(CO)C(=O)OCC. The Hall–Kier alpha value is -0.830. The molecule has 0 bridgehead atoms. The van der Waals surface area contributed by atoms with Crippen LogP contribution >= 0.6 is 0 Å². The average molecular weight is 212 g/mol. The third-order valence-electron chi connectivity index (χ3n) is 3.12. The molecule has 0 saturated heterocycles. The molecular formula is C12H20O3. The molecule has 0 aromatic heterocycles. The molecule has 3 nitrogen and oxygen atoms in total. The van der Waals surface area contributed by atoms with Gasteiger partial charge in [-0.1, -0.05) is 18.6 Å². The Labute approximate surface area is 91.1 Å². The van der Waals surface area contributed by atoms with Gasteiger partial charge in [0.25, 0.3) is 0 Å². The highest BCUT2D eigenvalue weighted by Gasteiger charge is 2.61. The van der Waals surface area contributed by atoms with Crippen molar-refractivity contribution in [2.24, 2.45) is 11.3 Å². The van der Waals surface area contributed by atoms with Gasteiger partial charge < -0.3 is 9.84 Å². The van der Waals surface area contributed by atoms with Crippen LogP contribution in [0.3, 0.4) is 0 Å². The largest absolute Gasteiger partial charge is 0.465 e. The maximum Gasteiger partial charge on any atom is 0.315 e. The van der Waals surface area contributed by atoms with Crippen LogP contribution in [-0.2, 0) is 9.53 Å². The van der Waals surface area contributed by atoms with E-state index < -0.39 is 5.41 Å². The summed E-state index contributed by atoms with van der Waals surface area (Å²) in [5.74, 6) is -0.0668. The Kier molecular flexibility index (Phi) is 3.91. The lowest BCUT2D eigenvalue weighted by Crippen LogP contribution is -2.25. The predicted molar refractivity (Wildman–Crippen MR) is 58.3 cm³/mol. The third-order valence-corrected chi connectivity index (χ3v) is 3.12. The number of rotatable bonds is 5. The molecule has 0 radical (unpaired) electrons. The summed E-state index contributed by atoms with van der Waals surface area (Å²) < 4.78 is 4.99. The molecule has 1 fully saturated rings. The van der Waals surface area contributed by atoms with Crippen LogP contribution < -0.4 is 0 Å². The van der Waals surface area contributed by atoms with Crippen molar-refractivity contribution in [3.05, 3.63) is 11.6 Å². The molecule has 3 heteroatoms.